The molecule has 1 aliphatic rings. The number of hydroxylamine groups is 2. The van der Waals surface area contributed by atoms with Crippen LogP contribution in [0.4, 0.5) is 0 Å². The molecule has 19 heavy (non-hydrogen) atoms. The highest BCUT2D eigenvalue weighted by Crippen LogP contribution is 2.28. The topological polar surface area (TPSA) is 29.5 Å². The molecule has 0 amide bonds. The molecular weight excluding hydrogens is 238 g/mol. The van der Waals surface area contributed by atoms with Gasteiger partial charge in [0.1, 0.15) is 0 Å². The van der Waals surface area contributed by atoms with Crippen LogP contribution < -0.4 is 0 Å². The molecule has 0 spiro atoms. The molecule has 2 rings (SSSR count). The van der Waals surface area contributed by atoms with E-state index in [1.165, 1.54) is 5.56 Å². The first-order valence-corrected chi connectivity index (χ1v) is 6.99. The maximum absolute atomic E-state index is 11.8. The highest BCUT2D eigenvalue weighted by molar-refractivity contribution is 5.75. The molecule has 0 unspecified atom stereocenters. The average molecular weight is 261 g/mol. The van der Waals surface area contributed by atoms with E-state index < -0.39 is 5.41 Å². The van der Waals surface area contributed by atoms with Gasteiger partial charge in [-0.15, -0.1) is 5.06 Å². The number of benzene rings is 1. The van der Waals surface area contributed by atoms with E-state index in [1.54, 1.807) is 0 Å². The second-order valence-corrected chi connectivity index (χ2v) is 6.24. The van der Waals surface area contributed by atoms with Crippen molar-refractivity contribution in [2.24, 2.45) is 5.41 Å². The van der Waals surface area contributed by atoms with Crippen LogP contribution in [0, 0.1) is 5.41 Å². The van der Waals surface area contributed by atoms with E-state index in [4.69, 9.17) is 4.84 Å². The second kappa shape index (κ2) is 5.74. The Morgan fingerprint density at radius 1 is 1.16 bits per heavy atom. The van der Waals surface area contributed by atoms with E-state index in [2.05, 4.69) is 24.3 Å². The molecule has 0 radical (unpaired) electrons. The van der Waals surface area contributed by atoms with Crippen LogP contribution in [0.5, 0.6) is 0 Å². The van der Waals surface area contributed by atoms with E-state index in [0.717, 1.165) is 25.9 Å². The number of carbonyl (C=O) groups is 1. The van der Waals surface area contributed by atoms with Gasteiger partial charge in [0.15, 0.2) is 0 Å². The summed E-state index contributed by atoms with van der Waals surface area (Å²) >= 11 is 0. The van der Waals surface area contributed by atoms with Gasteiger partial charge in [-0.05, 0) is 45.1 Å². The average Bonchev–Trinajstić information content (AvgIpc) is 2.39. The van der Waals surface area contributed by atoms with Gasteiger partial charge in [-0.2, -0.15) is 0 Å². The fourth-order valence-electron chi connectivity index (χ4n) is 2.26. The molecule has 0 N–H and O–H groups in total. The molecule has 1 aromatic rings. The zero-order valence-electron chi connectivity index (χ0n) is 12.1. The lowest BCUT2D eigenvalue weighted by Crippen LogP contribution is -2.38. The summed E-state index contributed by atoms with van der Waals surface area (Å²) in [5.74, 6) is 0.441. The highest BCUT2D eigenvalue weighted by atomic mass is 16.7. The van der Waals surface area contributed by atoms with Gasteiger partial charge in [-0.3, -0.25) is 0 Å². The minimum atomic E-state index is -0.434. The molecule has 1 aromatic carbocycles. The van der Waals surface area contributed by atoms with E-state index in [1.807, 2.05) is 31.9 Å². The predicted octanol–water partition coefficient (Wildman–Crippen LogP) is 3.37. The summed E-state index contributed by atoms with van der Waals surface area (Å²) in [6.07, 6.45) is 2.09. The zero-order valence-corrected chi connectivity index (χ0v) is 12.1. The van der Waals surface area contributed by atoms with Crippen LogP contribution in [-0.4, -0.2) is 24.1 Å². The smallest absolute Gasteiger partial charge is 0.330 e. The highest BCUT2D eigenvalue weighted by Gasteiger charge is 2.28. The van der Waals surface area contributed by atoms with Crippen LogP contribution in [-0.2, 0) is 9.63 Å². The monoisotopic (exact) mass is 261 g/mol. The van der Waals surface area contributed by atoms with Crippen molar-refractivity contribution < 1.29 is 9.63 Å². The van der Waals surface area contributed by atoms with Crippen LogP contribution in [0.15, 0.2) is 30.3 Å². The van der Waals surface area contributed by atoms with Crippen molar-refractivity contribution in [3.63, 3.8) is 0 Å². The summed E-state index contributed by atoms with van der Waals surface area (Å²) in [6.45, 7) is 7.28. The van der Waals surface area contributed by atoms with Gasteiger partial charge in [0, 0.05) is 13.1 Å². The summed E-state index contributed by atoms with van der Waals surface area (Å²) in [4.78, 5) is 17.3. The van der Waals surface area contributed by atoms with Crippen molar-refractivity contribution in [2.75, 3.05) is 13.1 Å². The minimum absolute atomic E-state index is 0.148. The fourth-order valence-corrected chi connectivity index (χ4v) is 2.26. The Morgan fingerprint density at radius 3 is 2.26 bits per heavy atom. The fraction of sp³-hybridized carbons (Fsp3) is 0.562. The Kier molecular flexibility index (Phi) is 4.25. The van der Waals surface area contributed by atoms with Crippen molar-refractivity contribution in [2.45, 2.75) is 39.5 Å². The molecule has 1 heterocycles. The van der Waals surface area contributed by atoms with Crippen LogP contribution in [0.1, 0.15) is 45.1 Å². The summed E-state index contributed by atoms with van der Waals surface area (Å²) in [5, 5.41) is 1.81. The normalized spacial score (nSPS) is 18.3. The molecule has 104 valence electrons. The summed E-state index contributed by atoms with van der Waals surface area (Å²) in [7, 11) is 0. The van der Waals surface area contributed by atoms with E-state index in [0.29, 0.717) is 5.92 Å². The van der Waals surface area contributed by atoms with E-state index in [-0.39, 0.29) is 5.97 Å². The molecule has 0 saturated carbocycles. The molecule has 1 saturated heterocycles. The van der Waals surface area contributed by atoms with Gasteiger partial charge < -0.3 is 4.84 Å². The minimum Gasteiger partial charge on any atom is -0.367 e. The van der Waals surface area contributed by atoms with Gasteiger partial charge in [0.25, 0.3) is 0 Å². The Labute approximate surface area is 115 Å². The quantitative estimate of drug-likeness (QED) is 0.817. The Hall–Kier alpha value is -1.35. The number of carbonyl (C=O) groups excluding carboxylic acids is 1. The van der Waals surface area contributed by atoms with Gasteiger partial charge in [0.05, 0.1) is 5.41 Å². The lowest BCUT2D eigenvalue weighted by Gasteiger charge is -2.32. The van der Waals surface area contributed by atoms with Crippen molar-refractivity contribution in [3.05, 3.63) is 35.9 Å². The Balaban J connectivity index is 1.85. The van der Waals surface area contributed by atoms with E-state index >= 15 is 0 Å². The lowest BCUT2D eigenvalue weighted by molar-refractivity contribution is -0.204. The first kappa shape index (κ1) is 14.1. The van der Waals surface area contributed by atoms with Gasteiger partial charge in [0.2, 0.25) is 0 Å². The van der Waals surface area contributed by atoms with Gasteiger partial charge >= 0.3 is 5.97 Å². The molecule has 0 aromatic heterocycles. The molecule has 0 aliphatic carbocycles. The lowest BCUT2D eigenvalue weighted by atomic mass is 9.90. The number of nitrogens with zero attached hydrogens (tertiary/aromatic N) is 1. The summed E-state index contributed by atoms with van der Waals surface area (Å²) < 4.78 is 0. The van der Waals surface area contributed by atoms with Crippen LogP contribution in [0.2, 0.25) is 0 Å². The summed E-state index contributed by atoms with van der Waals surface area (Å²) in [6, 6.07) is 10.6. The number of hydrogen-bond donors (Lipinski definition) is 0. The molecule has 3 nitrogen and oxygen atoms in total. The number of hydrogen-bond acceptors (Lipinski definition) is 3. The van der Waals surface area contributed by atoms with Crippen LogP contribution in [0.3, 0.4) is 0 Å². The Morgan fingerprint density at radius 2 is 1.74 bits per heavy atom. The van der Waals surface area contributed by atoms with Crippen molar-refractivity contribution in [3.8, 4) is 0 Å². The summed E-state index contributed by atoms with van der Waals surface area (Å²) in [5.41, 5.74) is 0.959. The van der Waals surface area contributed by atoms with Gasteiger partial charge in [-0.1, -0.05) is 30.3 Å². The Bertz CT molecular complexity index is 414. The maximum atomic E-state index is 11.8. The van der Waals surface area contributed by atoms with E-state index in [9.17, 15) is 4.79 Å². The molecule has 1 fully saturated rings. The second-order valence-electron chi connectivity index (χ2n) is 6.24. The van der Waals surface area contributed by atoms with Gasteiger partial charge in [-0.25, -0.2) is 4.79 Å². The molecule has 3 heteroatoms. The van der Waals surface area contributed by atoms with Crippen LogP contribution in [0.25, 0.3) is 0 Å². The molecule has 1 aliphatic heterocycles. The van der Waals surface area contributed by atoms with Crippen LogP contribution >= 0.6 is 0 Å². The third-order valence-electron chi connectivity index (χ3n) is 3.55. The predicted molar refractivity (Wildman–Crippen MR) is 75.5 cm³/mol. The third kappa shape index (κ3) is 3.80. The third-order valence-corrected chi connectivity index (χ3v) is 3.55. The maximum Gasteiger partial charge on any atom is 0.330 e. The molecule has 0 bridgehead atoms. The van der Waals surface area contributed by atoms with Crippen molar-refractivity contribution in [1.29, 1.82) is 0 Å². The SMILES string of the molecule is CC(C)(C)C(=O)ON1CCC(c2ccccc2)CC1. The number of rotatable bonds is 2. The van der Waals surface area contributed by atoms with Crippen molar-refractivity contribution in [1.82, 2.24) is 5.06 Å². The molecular formula is C16H23NO2. The zero-order chi connectivity index (χ0) is 13.9. The standard InChI is InChI=1S/C16H23NO2/c1-16(2,3)15(18)19-17-11-9-14(10-12-17)13-7-5-4-6-8-13/h4-8,14H,9-12H2,1-3H3. The number of piperidine rings is 1. The first-order valence-electron chi connectivity index (χ1n) is 6.99. The van der Waals surface area contributed by atoms with Crippen molar-refractivity contribution >= 4 is 5.97 Å². The molecule has 0 atom stereocenters. The first-order chi connectivity index (χ1) is 8.97. The largest absolute Gasteiger partial charge is 0.367 e.